The topological polar surface area (TPSA) is 63.4 Å². The molecular weight excluding hydrogens is 256 g/mol. The highest BCUT2D eigenvalue weighted by Crippen LogP contribution is 2.31. The second-order valence-electron chi connectivity index (χ2n) is 6.01. The van der Waals surface area contributed by atoms with E-state index in [1.165, 1.54) is 0 Å². The van der Waals surface area contributed by atoms with Crippen molar-refractivity contribution in [2.45, 2.75) is 45.3 Å². The number of methoxy groups -OCH3 is 1. The van der Waals surface area contributed by atoms with E-state index in [9.17, 15) is 0 Å². The van der Waals surface area contributed by atoms with Crippen LogP contribution in [-0.4, -0.2) is 48.3 Å². The third-order valence-corrected chi connectivity index (χ3v) is 4.46. The Bertz CT molecular complexity index is 434. The molecule has 2 rings (SSSR count). The van der Waals surface area contributed by atoms with Crippen molar-refractivity contribution in [3.63, 3.8) is 0 Å². The van der Waals surface area contributed by atoms with Gasteiger partial charge in [-0.05, 0) is 27.2 Å². The van der Waals surface area contributed by atoms with Gasteiger partial charge in [-0.3, -0.25) is 4.90 Å². The van der Waals surface area contributed by atoms with E-state index in [1.54, 1.807) is 7.11 Å². The Morgan fingerprint density at radius 1 is 1.30 bits per heavy atom. The Kier molecular flexibility index (Phi) is 4.46. The van der Waals surface area contributed by atoms with Gasteiger partial charge < -0.3 is 14.6 Å². The molecule has 0 radical (unpaired) electrons. The summed E-state index contributed by atoms with van der Waals surface area (Å²) in [5.41, 5.74) is -0.739. The van der Waals surface area contributed by atoms with Crippen LogP contribution in [0.15, 0.2) is 4.52 Å². The number of ether oxygens (including phenoxy) is 1. The second kappa shape index (κ2) is 5.79. The highest BCUT2D eigenvalue weighted by atomic mass is 16.5. The standard InChI is InChI=1S/C14H26N4O2/c1-6-14(4,19-5)12-16-11(17-20-12)13(2,3)18-9-7-15-8-10-18/h15H,6-10H2,1-5H3. The quantitative estimate of drug-likeness (QED) is 0.882. The zero-order valence-corrected chi connectivity index (χ0v) is 13.2. The van der Waals surface area contributed by atoms with E-state index in [4.69, 9.17) is 9.26 Å². The van der Waals surface area contributed by atoms with Gasteiger partial charge in [0.15, 0.2) is 5.82 Å². The minimum Gasteiger partial charge on any atom is -0.369 e. The fourth-order valence-corrected chi connectivity index (χ4v) is 2.43. The Morgan fingerprint density at radius 3 is 2.50 bits per heavy atom. The number of nitrogens with one attached hydrogen (secondary N) is 1. The fourth-order valence-electron chi connectivity index (χ4n) is 2.43. The molecule has 1 N–H and O–H groups in total. The summed E-state index contributed by atoms with van der Waals surface area (Å²) in [6, 6.07) is 0. The number of piperazine rings is 1. The molecule has 1 aliphatic rings. The molecule has 1 atom stereocenters. The minimum atomic E-state index is -0.509. The molecule has 0 bridgehead atoms. The summed E-state index contributed by atoms with van der Waals surface area (Å²) in [5, 5.41) is 7.56. The summed E-state index contributed by atoms with van der Waals surface area (Å²) in [5.74, 6) is 1.28. The molecule has 1 aliphatic heterocycles. The molecule has 1 aromatic rings. The molecule has 0 aromatic carbocycles. The van der Waals surface area contributed by atoms with Gasteiger partial charge in [-0.2, -0.15) is 4.98 Å². The summed E-state index contributed by atoms with van der Waals surface area (Å²) in [6.07, 6.45) is 0.791. The van der Waals surface area contributed by atoms with Crippen molar-refractivity contribution in [2.24, 2.45) is 0 Å². The van der Waals surface area contributed by atoms with Crippen LogP contribution in [0.2, 0.25) is 0 Å². The Balaban J connectivity index is 2.22. The zero-order chi connectivity index (χ0) is 14.8. The first kappa shape index (κ1) is 15.4. The van der Waals surface area contributed by atoms with Crippen molar-refractivity contribution >= 4 is 0 Å². The van der Waals surface area contributed by atoms with Gasteiger partial charge in [0, 0.05) is 33.3 Å². The molecule has 1 aromatic heterocycles. The maximum absolute atomic E-state index is 5.52. The molecule has 0 spiro atoms. The van der Waals surface area contributed by atoms with Crippen LogP contribution in [0.4, 0.5) is 0 Å². The van der Waals surface area contributed by atoms with Crippen molar-refractivity contribution in [3.8, 4) is 0 Å². The first-order valence-electron chi connectivity index (χ1n) is 7.29. The molecule has 2 heterocycles. The van der Waals surface area contributed by atoms with Crippen LogP contribution in [0.25, 0.3) is 0 Å². The average Bonchev–Trinajstić information content (AvgIpc) is 2.98. The molecule has 6 nitrogen and oxygen atoms in total. The fraction of sp³-hybridized carbons (Fsp3) is 0.857. The number of hydrogen-bond donors (Lipinski definition) is 1. The number of nitrogens with zero attached hydrogens (tertiary/aromatic N) is 3. The van der Waals surface area contributed by atoms with Crippen LogP contribution in [0.1, 0.15) is 45.8 Å². The molecule has 114 valence electrons. The highest BCUT2D eigenvalue weighted by molar-refractivity contribution is 5.06. The van der Waals surface area contributed by atoms with Gasteiger partial charge in [0.2, 0.25) is 0 Å². The molecule has 0 aliphatic carbocycles. The maximum atomic E-state index is 5.52. The van der Waals surface area contributed by atoms with Gasteiger partial charge in [-0.15, -0.1) is 0 Å². The van der Waals surface area contributed by atoms with E-state index in [1.807, 2.05) is 6.92 Å². The summed E-state index contributed by atoms with van der Waals surface area (Å²) in [7, 11) is 1.68. The lowest BCUT2D eigenvalue weighted by atomic mass is 10.00. The third kappa shape index (κ3) is 2.73. The lowest BCUT2D eigenvalue weighted by molar-refractivity contribution is -0.0272. The SMILES string of the molecule is CCC(C)(OC)c1nc(C(C)(C)N2CCNCC2)no1. The largest absolute Gasteiger partial charge is 0.369 e. The van der Waals surface area contributed by atoms with E-state index in [0.717, 1.165) is 38.4 Å². The number of rotatable bonds is 5. The number of aromatic nitrogens is 2. The summed E-state index contributed by atoms with van der Waals surface area (Å²) in [6.45, 7) is 12.3. The van der Waals surface area contributed by atoms with Gasteiger partial charge in [-0.1, -0.05) is 12.1 Å². The van der Waals surface area contributed by atoms with Crippen molar-refractivity contribution in [2.75, 3.05) is 33.3 Å². The second-order valence-corrected chi connectivity index (χ2v) is 6.01. The van der Waals surface area contributed by atoms with Crippen LogP contribution < -0.4 is 5.32 Å². The monoisotopic (exact) mass is 282 g/mol. The molecule has 1 fully saturated rings. The van der Waals surface area contributed by atoms with E-state index in [0.29, 0.717) is 5.89 Å². The average molecular weight is 282 g/mol. The first-order valence-corrected chi connectivity index (χ1v) is 7.29. The van der Waals surface area contributed by atoms with Crippen LogP contribution in [-0.2, 0) is 15.9 Å². The molecular formula is C14H26N4O2. The zero-order valence-electron chi connectivity index (χ0n) is 13.2. The van der Waals surface area contributed by atoms with Crippen molar-refractivity contribution in [1.29, 1.82) is 0 Å². The molecule has 6 heteroatoms. The minimum absolute atomic E-state index is 0.230. The van der Waals surface area contributed by atoms with E-state index in [2.05, 4.69) is 41.1 Å². The first-order chi connectivity index (χ1) is 9.44. The molecule has 0 amide bonds. The van der Waals surface area contributed by atoms with Crippen molar-refractivity contribution in [1.82, 2.24) is 20.4 Å². The van der Waals surface area contributed by atoms with Gasteiger partial charge >= 0.3 is 0 Å². The lowest BCUT2D eigenvalue weighted by Crippen LogP contribution is -2.52. The summed E-state index contributed by atoms with van der Waals surface area (Å²) >= 11 is 0. The van der Waals surface area contributed by atoms with Gasteiger partial charge in [0.05, 0.1) is 5.54 Å². The molecule has 0 saturated carbocycles. The third-order valence-electron chi connectivity index (χ3n) is 4.46. The van der Waals surface area contributed by atoms with Crippen LogP contribution in [0.3, 0.4) is 0 Å². The summed E-state index contributed by atoms with van der Waals surface area (Å²) < 4.78 is 11.0. The van der Waals surface area contributed by atoms with E-state index < -0.39 is 5.60 Å². The predicted molar refractivity (Wildman–Crippen MR) is 76.4 cm³/mol. The lowest BCUT2D eigenvalue weighted by Gasteiger charge is -2.38. The van der Waals surface area contributed by atoms with Crippen LogP contribution >= 0.6 is 0 Å². The Hall–Kier alpha value is -0.980. The highest BCUT2D eigenvalue weighted by Gasteiger charge is 2.37. The van der Waals surface area contributed by atoms with E-state index >= 15 is 0 Å². The number of hydrogen-bond acceptors (Lipinski definition) is 6. The van der Waals surface area contributed by atoms with Crippen molar-refractivity contribution in [3.05, 3.63) is 11.7 Å². The van der Waals surface area contributed by atoms with Gasteiger partial charge in [0.1, 0.15) is 5.60 Å². The van der Waals surface area contributed by atoms with E-state index in [-0.39, 0.29) is 5.54 Å². The molecule has 1 saturated heterocycles. The Labute approximate surface area is 120 Å². The van der Waals surface area contributed by atoms with Crippen LogP contribution in [0, 0.1) is 0 Å². The molecule has 20 heavy (non-hydrogen) atoms. The van der Waals surface area contributed by atoms with Gasteiger partial charge in [0.25, 0.3) is 5.89 Å². The summed E-state index contributed by atoms with van der Waals surface area (Å²) in [4.78, 5) is 6.99. The van der Waals surface area contributed by atoms with Crippen LogP contribution in [0.5, 0.6) is 0 Å². The predicted octanol–water partition coefficient (Wildman–Crippen LogP) is 1.48. The molecule has 1 unspecified atom stereocenters. The Morgan fingerprint density at radius 2 is 1.95 bits per heavy atom. The maximum Gasteiger partial charge on any atom is 0.258 e. The smallest absolute Gasteiger partial charge is 0.258 e. The normalized spacial score (nSPS) is 20.9. The van der Waals surface area contributed by atoms with Gasteiger partial charge in [-0.25, -0.2) is 0 Å². The van der Waals surface area contributed by atoms with Crippen molar-refractivity contribution < 1.29 is 9.26 Å².